The lowest BCUT2D eigenvalue weighted by atomic mass is 9.86. The van der Waals surface area contributed by atoms with E-state index >= 15 is 0 Å². The van der Waals surface area contributed by atoms with Gasteiger partial charge in [0, 0.05) is 13.1 Å². The van der Waals surface area contributed by atoms with Crippen molar-refractivity contribution in [3.05, 3.63) is 0 Å². The molecule has 4 nitrogen and oxygen atoms in total. The van der Waals surface area contributed by atoms with Crippen molar-refractivity contribution in [3.63, 3.8) is 0 Å². The summed E-state index contributed by atoms with van der Waals surface area (Å²) in [6, 6.07) is 0. The van der Waals surface area contributed by atoms with E-state index < -0.39 is 29.9 Å². The summed E-state index contributed by atoms with van der Waals surface area (Å²) in [7, 11) is 0. The van der Waals surface area contributed by atoms with Crippen molar-refractivity contribution in [2.45, 2.75) is 25.9 Å². The van der Waals surface area contributed by atoms with Gasteiger partial charge in [-0.3, -0.25) is 9.59 Å². The monoisotopic (exact) mass is 253 g/mol. The van der Waals surface area contributed by atoms with E-state index in [1.807, 2.05) is 0 Å². The smallest absolute Gasteiger partial charge is 0.471 e. The van der Waals surface area contributed by atoms with Crippen LogP contribution in [0.4, 0.5) is 13.2 Å². The van der Waals surface area contributed by atoms with E-state index in [4.69, 9.17) is 5.11 Å². The molecule has 0 saturated carbocycles. The first-order chi connectivity index (χ1) is 7.73. The summed E-state index contributed by atoms with van der Waals surface area (Å²) in [5.41, 5.74) is 0. The van der Waals surface area contributed by atoms with Crippen LogP contribution >= 0.6 is 0 Å². The molecule has 1 rings (SSSR count). The second kappa shape index (κ2) is 4.93. The largest absolute Gasteiger partial charge is 0.481 e. The van der Waals surface area contributed by atoms with Crippen molar-refractivity contribution < 1.29 is 27.9 Å². The molecular weight excluding hydrogens is 239 g/mol. The van der Waals surface area contributed by atoms with E-state index in [0.717, 1.165) is 0 Å². The van der Waals surface area contributed by atoms with Crippen LogP contribution in [0.3, 0.4) is 0 Å². The normalized spacial score (nSPS) is 23.3. The molecule has 1 saturated heterocycles. The molecule has 0 spiro atoms. The highest BCUT2D eigenvalue weighted by Crippen LogP contribution is 2.27. The number of alkyl halides is 3. The molecule has 1 amide bonds. The minimum absolute atomic E-state index is 0.0428. The number of hydrogen-bond acceptors (Lipinski definition) is 2. The van der Waals surface area contributed by atoms with Gasteiger partial charge in [0.2, 0.25) is 0 Å². The molecule has 0 aliphatic carbocycles. The molecule has 7 heteroatoms. The quantitative estimate of drug-likeness (QED) is 0.811. The molecular formula is C10H14F3NO3. The summed E-state index contributed by atoms with van der Waals surface area (Å²) in [5, 5.41) is 8.79. The number of carboxylic acid groups (broad SMARTS) is 1. The van der Waals surface area contributed by atoms with Gasteiger partial charge in [-0.15, -0.1) is 0 Å². The molecule has 1 fully saturated rings. The first kappa shape index (κ1) is 13.8. The molecule has 1 aliphatic rings. The summed E-state index contributed by atoms with van der Waals surface area (Å²) in [4.78, 5) is 22.5. The van der Waals surface area contributed by atoms with Crippen LogP contribution in [-0.2, 0) is 9.59 Å². The van der Waals surface area contributed by atoms with Gasteiger partial charge in [0.1, 0.15) is 0 Å². The van der Waals surface area contributed by atoms with Crippen LogP contribution < -0.4 is 0 Å². The van der Waals surface area contributed by atoms with Gasteiger partial charge in [-0.05, 0) is 18.8 Å². The SMILES string of the molecule is CC(C(=O)O)C1CCCN(C(=O)C(F)(F)F)C1. The van der Waals surface area contributed by atoms with Crippen molar-refractivity contribution in [1.82, 2.24) is 4.90 Å². The lowest BCUT2D eigenvalue weighted by molar-refractivity contribution is -0.187. The molecule has 0 aromatic carbocycles. The van der Waals surface area contributed by atoms with Crippen LogP contribution in [0.25, 0.3) is 0 Å². The van der Waals surface area contributed by atoms with Gasteiger partial charge < -0.3 is 10.0 Å². The van der Waals surface area contributed by atoms with E-state index in [1.165, 1.54) is 6.92 Å². The Balaban J connectivity index is 2.67. The molecule has 2 unspecified atom stereocenters. The third-order valence-corrected chi connectivity index (χ3v) is 3.08. The van der Waals surface area contributed by atoms with Crippen LogP contribution in [0.15, 0.2) is 0 Å². The summed E-state index contributed by atoms with van der Waals surface area (Å²) < 4.78 is 36.6. The van der Waals surface area contributed by atoms with Crippen LogP contribution in [0.5, 0.6) is 0 Å². The van der Waals surface area contributed by atoms with Gasteiger partial charge in [-0.25, -0.2) is 0 Å². The van der Waals surface area contributed by atoms with Crippen LogP contribution in [0.2, 0.25) is 0 Å². The Morgan fingerprint density at radius 2 is 2.00 bits per heavy atom. The summed E-state index contributed by atoms with van der Waals surface area (Å²) >= 11 is 0. The summed E-state index contributed by atoms with van der Waals surface area (Å²) in [5.74, 6) is -4.07. The van der Waals surface area contributed by atoms with E-state index in [2.05, 4.69) is 0 Å². The van der Waals surface area contributed by atoms with E-state index in [1.54, 1.807) is 0 Å². The molecule has 1 N–H and O–H groups in total. The van der Waals surface area contributed by atoms with Gasteiger partial charge in [-0.1, -0.05) is 6.92 Å². The lowest BCUT2D eigenvalue weighted by Crippen LogP contribution is -2.48. The Labute approximate surface area is 96.4 Å². The summed E-state index contributed by atoms with van der Waals surface area (Å²) in [6.45, 7) is 1.36. The number of rotatable bonds is 2. The van der Waals surface area contributed by atoms with Gasteiger partial charge in [0.25, 0.3) is 0 Å². The molecule has 1 heterocycles. The van der Waals surface area contributed by atoms with Gasteiger partial charge >= 0.3 is 18.1 Å². The second-order valence-corrected chi connectivity index (χ2v) is 4.28. The number of amides is 1. The first-order valence-corrected chi connectivity index (χ1v) is 5.32. The molecule has 0 aromatic heterocycles. The topological polar surface area (TPSA) is 57.6 Å². The third-order valence-electron chi connectivity index (χ3n) is 3.08. The Morgan fingerprint density at radius 3 is 2.47 bits per heavy atom. The Hall–Kier alpha value is -1.27. The van der Waals surface area contributed by atoms with Gasteiger partial charge in [0.15, 0.2) is 0 Å². The fourth-order valence-electron chi connectivity index (χ4n) is 1.98. The first-order valence-electron chi connectivity index (χ1n) is 5.32. The number of carbonyl (C=O) groups excluding carboxylic acids is 1. The number of halogens is 3. The standard InChI is InChI=1S/C10H14F3NO3/c1-6(8(15)16)7-3-2-4-14(5-7)9(17)10(11,12)13/h6-7H,2-5H2,1H3,(H,15,16). The number of carbonyl (C=O) groups is 2. The van der Waals surface area contributed by atoms with Crippen molar-refractivity contribution in [2.24, 2.45) is 11.8 Å². The highest BCUT2D eigenvalue weighted by Gasteiger charge is 2.44. The van der Waals surface area contributed by atoms with E-state index in [9.17, 15) is 22.8 Å². The Bertz CT molecular complexity index is 316. The predicted octanol–water partition coefficient (Wildman–Crippen LogP) is 1.51. The predicted molar refractivity (Wildman–Crippen MR) is 52.2 cm³/mol. The zero-order valence-corrected chi connectivity index (χ0v) is 9.33. The third kappa shape index (κ3) is 3.34. The zero-order chi connectivity index (χ0) is 13.2. The maximum atomic E-state index is 12.2. The number of carboxylic acids is 1. The van der Waals surface area contributed by atoms with Crippen molar-refractivity contribution >= 4 is 11.9 Å². The number of piperidine rings is 1. The highest BCUT2D eigenvalue weighted by atomic mass is 19.4. The molecule has 0 aromatic rings. The number of likely N-dealkylation sites (tertiary alicyclic amines) is 1. The van der Waals surface area contributed by atoms with E-state index in [0.29, 0.717) is 17.7 Å². The zero-order valence-electron chi connectivity index (χ0n) is 9.33. The minimum atomic E-state index is -4.88. The molecule has 17 heavy (non-hydrogen) atoms. The second-order valence-electron chi connectivity index (χ2n) is 4.28. The molecule has 2 atom stereocenters. The fraction of sp³-hybridized carbons (Fsp3) is 0.800. The summed E-state index contributed by atoms with van der Waals surface area (Å²) in [6.07, 6.45) is -3.94. The minimum Gasteiger partial charge on any atom is -0.481 e. The number of nitrogens with zero attached hydrogens (tertiary/aromatic N) is 1. The van der Waals surface area contributed by atoms with Crippen molar-refractivity contribution in [1.29, 1.82) is 0 Å². The maximum absolute atomic E-state index is 12.2. The van der Waals surface area contributed by atoms with Crippen LogP contribution in [-0.4, -0.2) is 41.1 Å². The molecule has 1 aliphatic heterocycles. The maximum Gasteiger partial charge on any atom is 0.471 e. The van der Waals surface area contributed by atoms with Crippen LogP contribution in [0.1, 0.15) is 19.8 Å². The number of aliphatic carboxylic acids is 1. The van der Waals surface area contributed by atoms with Crippen molar-refractivity contribution in [3.8, 4) is 0 Å². The molecule has 0 radical (unpaired) electrons. The highest BCUT2D eigenvalue weighted by molar-refractivity contribution is 5.82. The van der Waals surface area contributed by atoms with Crippen molar-refractivity contribution in [2.75, 3.05) is 13.1 Å². The average molecular weight is 253 g/mol. The van der Waals surface area contributed by atoms with Gasteiger partial charge in [-0.2, -0.15) is 13.2 Å². The van der Waals surface area contributed by atoms with Gasteiger partial charge in [0.05, 0.1) is 5.92 Å². The molecule has 0 bridgehead atoms. The Morgan fingerprint density at radius 1 is 1.41 bits per heavy atom. The van der Waals surface area contributed by atoms with Crippen LogP contribution in [0, 0.1) is 11.8 Å². The average Bonchev–Trinajstić information content (AvgIpc) is 2.25. The number of hydrogen-bond donors (Lipinski definition) is 1. The van der Waals surface area contributed by atoms with E-state index in [-0.39, 0.29) is 13.1 Å². The molecule has 98 valence electrons. The Kier molecular flexibility index (Phi) is 4.00. The lowest BCUT2D eigenvalue weighted by Gasteiger charge is -2.34. The fourth-order valence-corrected chi connectivity index (χ4v) is 1.98.